The van der Waals surface area contributed by atoms with E-state index in [1.807, 2.05) is 32.9 Å². The summed E-state index contributed by atoms with van der Waals surface area (Å²) in [7, 11) is 0. The van der Waals surface area contributed by atoms with E-state index < -0.39 is 11.6 Å². The van der Waals surface area contributed by atoms with E-state index in [1.54, 1.807) is 6.07 Å². The van der Waals surface area contributed by atoms with Crippen LogP contribution in [-0.4, -0.2) is 6.54 Å². The highest BCUT2D eigenvalue weighted by Crippen LogP contribution is 2.33. The quantitative estimate of drug-likeness (QED) is 0.618. The normalized spacial score (nSPS) is 9.91. The zero-order valence-corrected chi connectivity index (χ0v) is 15.0. The van der Waals surface area contributed by atoms with Crippen LogP contribution >= 0.6 is 27.9 Å². The molecule has 22 heavy (non-hydrogen) atoms. The van der Waals surface area contributed by atoms with Gasteiger partial charge < -0.3 is 4.74 Å². The third-order valence-electron chi connectivity index (χ3n) is 2.35. The molecule has 0 fully saturated rings. The number of ether oxygens (including phenoxy) is 1. The smallest absolute Gasteiger partial charge is 0.168 e. The lowest BCUT2D eigenvalue weighted by Crippen LogP contribution is -1.99. The highest BCUT2D eigenvalue weighted by atomic mass is 79.9. The molecule has 0 unspecified atom stereocenters. The Labute approximate surface area is 142 Å². The third kappa shape index (κ3) is 5.59. The van der Waals surface area contributed by atoms with Crippen molar-refractivity contribution in [2.24, 2.45) is 0 Å². The average molecular weight is 390 g/mol. The minimum Gasteiger partial charge on any atom is -0.453 e. The van der Waals surface area contributed by atoms with Gasteiger partial charge in [0.05, 0.1) is 4.47 Å². The average Bonchev–Trinajstić information content (AvgIpc) is 2.52. The van der Waals surface area contributed by atoms with Gasteiger partial charge in [-0.1, -0.05) is 20.8 Å². The minimum absolute atomic E-state index is 0.0146. The van der Waals surface area contributed by atoms with E-state index in [-0.39, 0.29) is 5.75 Å². The van der Waals surface area contributed by atoms with E-state index in [2.05, 4.69) is 20.7 Å². The molecule has 1 N–H and O–H groups in total. The molecule has 120 valence electrons. The maximum absolute atomic E-state index is 13.5. The number of benzene rings is 2. The topological polar surface area (TPSA) is 21.3 Å². The van der Waals surface area contributed by atoms with Gasteiger partial charge in [0.2, 0.25) is 0 Å². The van der Waals surface area contributed by atoms with Gasteiger partial charge in [0, 0.05) is 17.5 Å². The van der Waals surface area contributed by atoms with Gasteiger partial charge in [-0.15, -0.1) is 0 Å². The second-order valence-corrected chi connectivity index (χ2v) is 5.69. The SMILES string of the molecule is CC.CCNSc1ccc(Oc2ccc(F)cc2F)c(Br)c1. The van der Waals surface area contributed by atoms with Crippen LogP contribution < -0.4 is 9.46 Å². The van der Waals surface area contributed by atoms with Gasteiger partial charge in [0.15, 0.2) is 11.6 Å². The predicted octanol–water partition coefficient (Wildman–Crippen LogP) is 6.16. The van der Waals surface area contributed by atoms with Crippen molar-refractivity contribution in [1.29, 1.82) is 0 Å². The fourth-order valence-electron chi connectivity index (χ4n) is 1.46. The van der Waals surface area contributed by atoms with Crippen LogP contribution in [0.2, 0.25) is 0 Å². The second kappa shape index (κ2) is 9.82. The van der Waals surface area contributed by atoms with Crippen molar-refractivity contribution in [3.63, 3.8) is 0 Å². The van der Waals surface area contributed by atoms with Gasteiger partial charge >= 0.3 is 0 Å². The third-order valence-corrected chi connectivity index (χ3v) is 3.89. The Hall–Kier alpha value is -1.11. The molecular weight excluding hydrogens is 372 g/mol. The molecule has 0 aliphatic carbocycles. The van der Waals surface area contributed by atoms with E-state index in [0.29, 0.717) is 10.2 Å². The van der Waals surface area contributed by atoms with Crippen LogP contribution in [0.3, 0.4) is 0 Å². The first-order valence-electron chi connectivity index (χ1n) is 6.92. The molecule has 0 aliphatic heterocycles. The maximum atomic E-state index is 13.5. The van der Waals surface area contributed by atoms with E-state index in [9.17, 15) is 8.78 Å². The van der Waals surface area contributed by atoms with Crippen LogP contribution in [0, 0.1) is 11.6 Å². The van der Waals surface area contributed by atoms with Crippen molar-refractivity contribution >= 4 is 27.9 Å². The summed E-state index contributed by atoms with van der Waals surface area (Å²) < 4.78 is 35.6. The molecule has 2 rings (SSSR count). The van der Waals surface area contributed by atoms with E-state index in [0.717, 1.165) is 23.6 Å². The Bertz CT molecular complexity index is 611. The van der Waals surface area contributed by atoms with Gasteiger partial charge in [-0.2, -0.15) is 0 Å². The van der Waals surface area contributed by atoms with Crippen LogP contribution in [0.15, 0.2) is 45.8 Å². The number of nitrogens with one attached hydrogen (secondary N) is 1. The molecule has 0 saturated heterocycles. The highest BCUT2D eigenvalue weighted by molar-refractivity contribution is 9.10. The van der Waals surface area contributed by atoms with Gasteiger partial charge in [-0.3, -0.25) is 4.72 Å². The molecule has 0 aromatic heterocycles. The van der Waals surface area contributed by atoms with E-state index in [1.165, 1.54) is 18.0 Å². The van der Waals surface area contributed by atoms with E-state index >= 15 is 0 Å². The molecule has 0 aliphatic rings. The fourth-order valence-corrected chi connectivity index (χ4v) is 2.69. The van der Waals surface area contributed by atoms with Gasteiger partial charge in [-0.05, 0) is 58.2 Å². The minimum atomic E-state index is -0.733. The summed E-state index contributed by atoms with van der Waals surface area (Å²) in [6.45, 7) is 6.86. The molecule has 0 radical (unpaired) electrons. The molecule has 0 saturated carbocycles. The summed E-state index contributed by atoms with van der Waals surface area (Å²) in [5.74, 6) is -0.912. The predicted molar refractivity (Wildman–Crippen MR) is 91.5 cm³/mol. The second-order valence-electron chi connectivity index (χ2n) is 3.87. The zero-order valence-electron chi connectivity index (χ0n) is 12.6. The summed E-state index contributed by atoms with van der Waals surface area (Å²) in [5, 5.41) is 0. The maximum Gasteiger partial charge on any atom is 0.168 e. The van der Waals surface area contributed by atoms with Gasteiger partial charge in [-0.25, -0.2) is 8.78 Å². The number of hydrogen-bond donors (Lipinski definition) is 1. The van der Waals surface area contributed by atoms with Crippen LogP contribution in [-0.2, 0) is 0 Å². The Morgan fingerprint density at radius 1 is 1.09 bits per heavy atom. The Balaban J connectivity index is 0.00000116. The van der Waals surface area contributed by atoms with Crippen LogP contribution in [0.1, 0.15) is 20.8 Å². The lowest BCUT2D eigenvalue weighted by atomic mass is 10.3. The summed E-state index contributed by atoms with van der Waals surface area (Å²) in [6.07, 6.45) is 0. The van der Waals surface area contributed by atoms with Gasteiger partial charge in [0.25, 0.3) is 0 Å². The monoisotopic (exact) mass is 389 g/mol. The molecule has 6 heteroatoms. The van der Waals surface area contributed by atoms with Crippen LogP contribution in [0.4, 0.5) is 8.78 Å². The standard InChI is InChI=1S/C14H12BrF2NOS.C2H6/c1-2-18-20-10-4-6-13(11(15)8-10)19-14-5-3-9(16)7-12(14)17;1-2/h3-8,18H,2H2,1H3;1-2H3. The Kier molecular flexibility index (Phi) is 8.45. The van der Waals surface area contributed by atoms with Crippen molar-refractivity contribution in [2.75, 3.05) is 6.54 Å². The molecule has 0 spiro atoms. The highest BCUT2D eigenvalue weighted by Gasteiger charge is 2.09. The van der Waals surface area contributed by atoms with Crippen molar-refractivity contribution in [3.05, 3.63) is 52.5 Å². The fraction of sp³-hybridized carbons (Fsp3) is 0.250. The molecular formula is C16H18BrF2NOS. The molecule has 0 amide bonds. The first-order chi connectivity index (χ1) is 10.6. The summed E-state index contributed by atoms with van der Waals surface area (Å²) in [4.78, 5) is 1.01. The molecule has 2 aromatic rings. The van der Waals surface area contributed by atoms with Crippen molar-refractivity contribution in [2.45, 2.75) is 25.7 Å². The summed E-state index contributed by atoms with van der Waals surface area (Å²) in [5.41, 5.74) is 0. The summed E-state index contributed by atoms with van der Waals surface area (Å²) in [6, 6.07) is 8.66. The molecule has 0 atom stereocenters. The summed E-state index contributed by atoms with van der Waals surface area (Å²) >= 11 is 4.87. The van der Waals surface area contributed by atoms with Crippen LogP contribution in [0.25, 0.3) is 0 Å². The van der Waals surface area contributed by atoms with Crippen molar-refractivity contribution in [3.8, 4) is 11.5 Å². The Morgan fingerprint density at radius 3 is 2.36 bits per heavy atom. The van der Waals surface area contributed by atoms with Gasteiger partial charge in [0.1, 0.15) is 11.6 Å². The van der Waals surface area contributed by atoms with Crippen molar-refractivity contribution in [1.82, 2.24) is 4.72 Å². The Morgan fingerprint density at radius 2 is 1.77 bits per heavy atom. The molecule has 2 nitrogen and oxygen atoms in total. The first kappa shape index (κ1) is 18.9. The molecule has 0 heterocycles. The number of halogens is 3. The molecule has 2 aromatic carbocycles. The largest absolute Gasteiger partial charge is 0.453 e. The lowest BCUT2D eigenvalue weighted by molar-refractivity contribution is 0.435. The lowest BCUT2D eigenvalue weighted by Gasteiger charge is -2.10. The zero-order chi connectivity index (χ0) is 16.5. The first-order valence-corrected chi connectivity index (χ1v) is 8.53. The number of rotatable bonds is 5. The molecule has 0 bridgehead atoms. The number of hydrogen-bond acceptors (Lipinski definition) is 3. The van der Waals surface area contributed by atoms with Crippen molar-refractivity contribution < 1.29 is 13.5 Å². The van der Waals surface area contributed by atoms with Crippen LogP contribution in [0.5, 0.6) is 11.5 Å². The van der Waals surface area contributed by atoms with E-state index in [4.69, 9.17) is 4.74 Å².